The Labute approximate surface area is 48.1 Å². The van der Waals surface area contributed by atoms with E-state index < -0.39 is 5.72 Å². The van der Waals surface area contributed by atoms with E-state index in [-0.39, 0.29) is 0 Å². The Morgan fingerprint density at radius 1 is 1.88 bits per heavy atom. The molecule has 0 heterocycles. The second-order valence-electron chi connectivity index (χ2n) is 1.60. The first-order valence-electron chi connectivity index (χ1n) is 2.16. The summed E-state index contributed by atoms with van der Waals surface area (Å²) in [5.74, 6) is 0. The quantitative estimate of drug-likeness (QED) is 0.320. The topological polar surface area (TPSA) is 52.3 Å². The van der Waals surface area contributed by atoms with Crippen LogP contribution in [0.2, 0.25) is 0 Å². The molecule has 0 fully saturated rings. The highest BCUT2D eigenvalue weighted by molar-refractivity contribution is 5.38. The molecule has 2 N–H and O–H groups in total. The van der Waals surface area contributed by atoms with E-state index in [9.17, 15) is 4.79 Å². The Balaban J connectivity index is 3.70. The molecule has 46 valence electrons. The molecule has 0 aromatic carbocycles. The van der Waals surface area contributed by atoms with Crippen LogP contribution in [0.4, 0.5) is 0 Å². The van der Waals surface area contributed by atoms with Gasteiger partial charge in [-0.2, -0.15) is 0 Å². The van der Waals surface area contributed by atoms with Gasteiger partial charge in [0.2, 0.25) is 0 Å². The van der Waals surface area contributed by atoms with Crippen molar-refractivity contribution in [3.05, 3.63) is 12.7 Å². The summed E-state index contributed by atoms with van der Waals surface area (Å²) in [6, 6.07) is 0. The van der Waals surface area contributed by atoms with Gasteiger partial charge in [0, 0.05) is 0 Å². The average Bonchev–Trinajstić information content (AvgIpc) is 1.67. The number of hydrogen-bond acceptors (Lipinski definition) is 3. The predicted molar refractivity (Wildman–Crippen MR) is 29.9 cm³/mol. The van der Waals surface area contributed by atoms with Crippen LogP contribution in [0.3, 0.4) is 0 Å². The molecule has 0 aromatic heterocycles. The standard InChI is InChI=1S/C5H9NO2/c1-3-5(2,6)8-4-7/h3-4H,1,6H2,2H3. The Kier molecular flexibility index (Phi) is 2.21. The predicted octanol–water partition coefficient (Wildman–Crippen LogP) is 0.0203. The lowest BCUT2D eigenvalue weighted by molar-refractivity contribution is -0.137. The lowest BCUT2D eigenvalue weighted by atomic mass is 10.3. The summed E-state index contributed by atoms with van der Waals surface area (Å²) in [7, 11) is 0. The molecule has 0 rings (SSSR count). The number of ether oxygens (including phenoxy) is 1. The average molecular weight is 115 g/mol. The zero-order valence-corrected chi connectivity index (χ0v) is 4.76. The fourth-order valence-corrected chi connectivity index (χ4v) is 0.152. The minimum atomic E-state index is -1.01. The number of carbonyl (C=O) groups is 1. The van der Waals surface area contributed by atoms with Gasteiger partial charge >= 0.3 is 0 Å². The second kappa shape index (κ2) is 2.47. The first-order valence-corrected chi connectivity index (χ1v) is 2.16. The van der Waals surface area contributed by atoms with Crippen LogP contribution in [0.5, 0.6) is 0 Å². The summed E-state index contributed by atoms with van der Waals surface area (Å²) in [4.78, 5) is 9.63. The summed E-state index contributed by atoms with van der Waals surface area (Å²) in [6.45, 7) is 5.17. The van der Waals surface area contributed by atoms with E-state index in [1.165, 1.54) is 13.0 Å². The number of carbonyl (C=O) groups excluding carboxylic acids is 1. The van der Waals surface area contributed by atoms with Crippen molar-refractivity contribution in [1.29, 1.82) is 0 Å². The third-order valence-electron chi connectivity index (χ3n) is 0.707. The van der Waals surface area contributed by atoms with Gasteiger partial charge in [0.05, 0.1) is 0 Å². The Morgan fingerprint density at radius 2 is 2.38 bits per heavy atom. The smallest absolute Gasteiger partial charge is 0.295 e. The highest BCUT2D eigenvalue weighted by atomic mass is 16.5. The van der Waals surface area contributed by atoms with Crippen molar-refractivity contribution < 1.29 is 9.53 Å². The minimum Gasteiger partial charge on any atom is -0.443 e. The van der Waals surface area contributed by atoms with Gasteiger partial charge in [0.1, 0.15) is 0 Å². The minimum absolute atomic E-state index is 0.293. The van der Waals surface area contributed by atoms with Crippen LogP contribution in [0, 0.1) is 0 Å². The second-order valence-corrected chi connectivity index (χ2v) is 1.60. The Hall–Kier alpha value is -0.830. The zero-order valence-electron chi connectivity index (χ0n) is 4.76. The van der Waals surface area contributed by atoms with Gasteiger partial charge in [-0.3, -0.25) is 10.5 Å². The fraction of sp³-hybridized carbons (Fsp3) is 0.400. The third-order valence-corrected chi connectivity index (χ3v) is 0.707. The molecule has 0 aliphatic heterocycles. The van der Waals surface area contributed by atoms with E-state index in [4.69, 9.17) is 5.73 Å². The lowest BCUT2D eigenvalue weighted by Gasteiger charge is -2.15. The SMILES string of the molecule is C=CC(C)(N)OC=O. The van der Waals surface area contributed by atoms with Crippen LogP contribution >= 0.6 is 0 Å². The van der Waals surface area contributed by atoms with Crippen molar-refractivity contribution >= 4 is 6.47 Å². The molecule has 0 aromatic rings. The largest absolute Gasteiger partial charge is 0.443 e. The highest BCUT2D eigenvalue weighted by Crippen LogP contribution is 1.98. The number of hydrogen-bond donors (Lipinski definition) is 1. The van der Waals surface area contributed by atoms with Crippen molar-refractivity contribution in [3.63, 3.8) is 0 Å². The molecule has 0 saturated heterocycles. The van der Waals surface area contributed by atoms with E-state index >= 15 is 0 Å². The summed E-state index contributed by atoms with van der Waals surface area (Å²) < 4.78 is 4.36. The normalized spacial score (nSPS) is 16.2. The van der Waals surface area contributed by atoms with E-state index in [0.717, 1.165) is 0 Å². The van der Waals surface area contributed by atoms with Gasteiger partial charge in [-0.25, -0.2) is 0 Å². The van der Waals surface area contributed by atoms with E-state index in [0.29, 0.717) is 6.47 Å². The number of rotatable bonds is 3. The van der Waals surface area contributed by atoms with Gasteiger partial charge in [-0.05, 0) is 13.0 Å². The molecule has 0 aliphatic rings. The van der Waals surface area contributed by atoms with Crippen molar-refractivity contribution in [2.75, 3.05) is 0 Å². The van der Waals surface area contributed by atoms with E-state index in [1.54, 1.807) is 0 Å². The summed E-state index contributed by atoms with van der Waals surface area (Å²) in [5.41, 5.74) is 4.24. The van der Waals surface area contributed by atoms with Crippen molar-refractivity contribution in [1.82, 2.24) is 0 Å². The first-order chi connectivity index (χ1) is 3.62. The van der Waals surface area contributed by atoms with E-state index in [1.807, 2.05) is 0 Å². The van der Waals surface area contributed by atoms with Crippen LogP contribution < -0.4 is 5.73 Å². The van der Waals surface area contributed by atoms with Crippen LogP contribution in [0.1, 0.15) is 6.92 Å². The van der Waals surface area contributed by atoms with Gasteiger partial charge in [-0.15, -0.1) is 0 Å². The van der Waals surface area contributed by atoms with E-state index in [2.05, 4.69) is 11.3 Å². The van der Waals surface area contributed by atoms with Crippen LogP contribution in [0.25, 0.3) is 0 Å². The Bertz CT molecular complexity index is 98.6. The van der Waals surface area contributed by atoms with Gasteiger partial charge < -0.3 is 4.74 Å². The molecule has 3 nitrogen and oxygen atoms in total. The van der Waals surface area contributed by atoms with Gasteiger partial charge in [0.15, 0.2) is 5.72 Å². The van der Waals surface area contributed by atoms with Crippen LogP contribution in [-0.2, 0) is 9.53 Å². The molecular formula is C5H9NO2. The summed E-state index contributed by atoms with van der Waals surface area (Å²) in [6.07, 6.45) is 1.35. The van der Waals surface area contributed by atoms with Crippen LogP contribution in [0.15, 0.2) is 12.7 Å². The lowest BCUT2D eigenvalue weighted by Crippen LogP contribution is -2.36. The maximum absolute atomic E-state index is 9.63. The molecule has 0 saturated carbocycles. The molecule has 8 heavy (non-hydrogen) atoms. The molecule has 0 spiro atoms. The summed E-state index contributed by atoms with van der Waals surface area (Å²) >= 11 is 0. The maximum Gasteiger partial charge on any atom is 0.295 e. The van der Waals surface area contributed by atoms with Crippen molar-refractivity contribution in [2.45, 2.75) is 12.6 Å². The van der Waals surface area contributed by atoms with Gasteiger partial charge in [0.25, 0.3) is 6.47 Å². The molecular weight excluding hydrogens is 106 g/mol. The van der Waals surface area contributed by atoms with Crippen LogP contribution in [-0.4, -0.2) is 12.2 Å². The monoisotopic (exact) mass is 115 g/mol. The molecule has 0 amide bonds. The summed E-state index contributed by atoms with van der Waals surface area (Å²) in [5, 5.41) is 0. The van der Waals surface area contributed by atoms with Crippen molar-refractivity contribution in [2.24, 2.45) is 5.73 Å². The molecule has 1 atom stereocenters. The number of nitrogens with two attached hydrogens (primary N) is 1. The van der Waals surface area contributed by atoms with Gasteiger partial charge in [-0.1, -0.05) is 6.58 Å². The first kappa shape index (κ1) is 7.17. The molecule has 0 aliphatic carbocycles. The maximum atomic E-state index is 9.63. The zero-order chi connectivity index (χ0) is 6.62. The molecule has 0 bridgehead atoms. The van der Waals surface area contributed by atoms with Crippen molar-refractivity contribution in [3.8, 4) is 0 Å². The highest BCUT2D eigenvalue weighted by Gasteiger charge is 2.11. The molecule has 1 unspecified atom stereocenters. The third kappa shape index (κ3) is 2.36. The fourth-order valence-electron chi connectivity index (χ4n) is 0.152. The molecule has 3 heteroatoms. The molecule has 0 radical (unpaired) electrons. The Morgan fingerprint density at radius 3 is 2.50 bits per heavy atom.